The number of hydrogen-bond donors (Lipinski definition) is 3. The Morgan fingerprint density at radius 1 is 1.28 bits per heavy atom. The first-order valence-corrected chi connectivity index (χ1v) is 5.00. The van der Waals surface area contributed by atoms with Crippen molar-refractivity contribution in [2.75, 3.05) is 6.61 Å². The number of hydroxylamine groups is 1. The Morgan fingerprint density at radius 2 is 1.94 bits per heavy atom. The third kappa shape index (κ3) is 2.83. The number of rotatable bonds is 4. The maximum absolute atomic E-state index is 11.4. The van der Waals surface area contributed by atoms with Gasteiger partial charge in [0, 0.05) is 0 Å². The molecule has 1 amide bonds. The van der Waals surface area contributed by atoms with E-state index >= 15 is 0 Å². The topological polar surface area (TPSA) is 113 Å². The van der Waals surface area contributed by atoms with Crippen molar-refractivity contribution in [1.82, 2.24) is 5.48 Å². The van der Waals surface area contributed by atoms with Crippen molar-refractivity contribution in [3.05, 3.63) is 34.9 Å². The number of ether oxygens (including phenoxy) is 1. The molecule has 7 heteroatoms. The molecule has 0 fully saturated rings. The molecular weight excluding hydrogens is 242 g/mol. The van der Waals surface area contributed by atoms with Gasteiger partial charge in [-0.25, -0.2) is 15.1 Å². The lowest BCUT2D eigenvalue weighted by Crippen LogP contribution is -2.22. The minimum Gasteiger partial charge on any atom is -0.478 e. The highest BCUT2D eigenvalue weighted by atomic mass is 16.5. The van der Waals surface area contributed by atoms with Gasteiger partial charge in [0.1, 0.15) is 0 Å². The fourth-order valence-electron chi connectivity index (χ4n) is 1.32. The minimum absolute atomic E-state index is 0.0174. The van der Waals surface area contributed by atoms with Crippen LogP contribution in [0.2, 0.25) is 0 Å². The number of carbonyl (C=O) groups is 3. The first-order chi connectivity index (χ1) is 8.51. The first-order valence-electron chi connectivity index (χ1n) is 5.00. The van der Waals surface area contributed by atoms with Gasteiger partial charge in [0.15, 0.2) is 0 Å². The van der Waals surface area contributed by atoms with Crippen molar-refractivity contribution in [3.8, 4) is 0 Å². The molecule has 0 saturated carbocycles. The van der Waals surface area contributed by atoms with Crippen molar-refractivity contribution < 1.29 is 29.4 Å². The molecule has 0 aromatic heterocycles. The van der Waals surface area contributed by atoms with E-state index in [1.54, 1.807) is 6.92 Å². The van der Waals surface area contributed by atoms with Crippen LogP contribution in [0.25, 0.3) is 0 Å². The van der Waals surface area contributed by atoms with E-state index in [9.17, 15) is 14.4 Å². The van der Waals surface area contributed by atoms with Crippen LogP contribution in [0.1, 0.15) is 38.0 Å². The van der Waals surface area contributed by atoms with Gasteiger partial charge >= 0.3 is 11.9 Å². The molecule has 0 bridgehead atoms. The molecule has 0 aliphatic carbocycles. The summed E-state index contributed by atoms with van der Waals surface area (Å²) in [5.74, 6) is -3.04. The summed E-state index contributed by atoms with van der Waals surface area (Å²) < 4.78 is 4.71. The first kappa shape index (κ1) is 13.7. The number of amides is 1. The summed E-state index contributed by atoms with van der Waals surface area (Å²) in [7, 11) is 0. The van der Waals surface area contributed by atoms with Crippen LogP contribution in [0.5, 0.6) is 0 Å². The van der Waals surface area contributed by atoms with Crippen molar-refractivity contribution in [1.29, 1.82) is 0 Å². The van der Waals surface area contributed by atoms with Gasteiger partial charge in [-0.05, 0) is 25.1 Å². The minimum atomic E-state index is -1.39. The summed E-state index contributed by atoms with van der Waals surface area (Å²) in [5.41, 5.74) is 0.701. The third-order valence-electron chi connectivity index (χ3n) is 2.11. The molecule has 0 aliphatic rings. The number of benzene rings is 1. The van der Waals surface area contributed by atoms with Gasteiger partial charge in [0.05, 0.1) is 23.3 Å². The fourth-order valence-corrected chi connectivity index (χ4v) is 1.32. The van der Waals surface area contributed by atoms with E-state index in [0.717, 1.165) is 12.1 Å². The summed E-state index contributed by atoms with van der Waals surface area (Å²) in [6.07, 6.45) is 0. The average Bonchev–Trinajstić information content (AvgIpc) is 2.37. The maximum Gasteiger partial charge on any atom is 0.338 e. The summed E-state index contributed by atoms with van der Waals surface area (Å²) >= 11 is 0. The molecule has 1 aromatic carbocycles. The maximum atomic E-state index is 11.4. The zero-order chi connectivity index (χ0) is 13.7. The van der Waals surface area contributed by atoms with E-state index in [-0.39, 0.29) is 17.7 Å². The number of nitrogens with one attached hydrogen (secondary N) is 1. The predicted molar refractivity (Wildman–Crippen MR) is 58.6 cm³/mol. The highest BCUT2D eigenvalue weighted by Crippen LogP contribution is 2.13. The van der Waals surface area contributed by atoms with Crippen LogP contribution < -0.4 is 5.48 Å². The van der Waals surface area contributed by atoms with Gasteiger partial charge in [-0.3, -0.25) is 10.0 Å². The zero-order valence-electron chi connectivity index (χ0n) is 9.47. The number of carboxylic acids is 1. The number of hydrogen-bond acceptors (Lipinski definition) is 5. The molecule has 0 radical (unpaired) electrons. The molecular formula is C11H11NO6. The SMILES string of the molecule is CCOC(=O)c1ccc(C(=O)NO)c(C(=O)O)c1. The Kier molecular flexibility index (Phi) is 4.39. The zero-order valence-corrected chi connectivity index (χ0v) is 9.47. The van der Waals surface area contributed by atoms with E-state index in [1.165, 1.54) is 11.5 Å². The molecule has 0 unspecified atom stereocenters. The monoisotopic (exact) mass is 253 g/mol. The molecule has 0 atom stereocenters. The van der Waals surface area contributed by atoms with E-state index < -0.39 is 23.4 Å². The standard InChI is InChI=1S/C11H11NO6/c1-2-18-11(16)6-3-4-7(9(13)12-17)8(5-6)10(14)15/h3-5,17H,2H2,1H3,(H,12,13)(H,14,15). The largest absolute Gasteiger partial charge is 0.478 e. The second-order valence-corrected chi connectivity index (χ2v) is 3.23. The molecule has 0 spiro atoms. The molecule has 1 rings (SSSR count). The van der Waals surface area contributed by atoms with Crippen molar-refractivity contribution >= 4 is 17.8 Å². The van der Waals surface area contributed by atoms with Crippen LogP contribution in [0.15, 0.2) is 18.2 Å². The van der Waals surface area contributed by atoms with Crippen LogP contribution in [0.4, 0.5) is 0 Å². The summed E-state index contributed by atoms with van der Waals surface area (Å²) in [4.78, 5) is 33.6. The van der Waals surface area contributed by atoms with Gasteiger partial charge in [0.25, 0.3) is 5.91 Å². The van der Waals surface area contributed by atoms with Crippen LogP contribution >= 0.6 is 0 Å². The molecule has 18 heavy (non-hydrogen) atoms. The normalized spacial score (nSPS) is 9.67. The summed E-state index contributed by atoms with van der Waals surface area (Å²) in [6, 6.07) is 3.39. The molecule has 7 nitrogen and oxygen atoms in total. The highest BCUT2D eigenvalue weighted by molar-refractivity contribution is 6.06. The Labute approximate surface area is 102 Å². The van der Waals surface area contributed by atoms with Gasteiger partial charge in [0.2, 0.25) is 0 Å². The second-order valence-electron chi connectivity index (χ2n) is 3.23. The molecule has 3 N–H and O–H groups in total. The van der Waals surface area contributed by atoms with Gasteiger partial charge in [-0.2, -0.15) is 0 Å². The van der Waals surface area contributed by atoms with E-state index in [4.69, 9.17) is 15.1 Å². The number of esters is 1. The molecule has 0 aliphatic heterocycles. The Bertz CT molecular complexity index is 496. The van der Waals surface area contributed by atoms with Crippen LogP contribution in [-0.4, -0.2) is 34.8 Å². The number of carbonyl (C=O) groups excluding carboxylic acids is 2. The lowest BCUT2D eigenvalue weighted by molar-refractivity contribution is 0.0525. The molecule has 0 saturated heterocycles. The van der Waals surface area contributed by atoms with Gasteiger partial charge < -0.3 is 9.84 Å². The molecule has 0 heterocycles. The summed E-state index contributed by atoms with van der Waals surface area (Å²) in [5, 5.41) is 17.4. The third-order valence-corrected chi connectivity index (χ3v) is 2.11. The quantitative estimate of drug-likeness (QED) is 0.413. The van der Waals surface area contributed by atoms with Gasteiger partial charge in [-0.1, -0.05) is 0 Å². The fraction of sp³-hybridized carbons (Fsp3) is 0.182. The van der Waals surface area contributed by atoms with E-state index in [1.807, 2.05) is 0 Å². The van der Waals surface area contributed by atoms with Crippen molar-refractivity contribution in [2.24, 2.45) is 0 Å². The summed E-state index contributed by atoms with van der Waals surface area (Å²) in [6.45, 7) is 1.77. The average molecular weight is 253 g/mol. The second kappa shape index (κ2) is 5.78. The highest BCUT2D eigenvalue weighted by Gasteiger charge is 2.19. The van der Waals surface area contributed by atoms with Crippen LogP contribution in [-0.2, 0) is 4.74 Å². The lowest BCUT2D eigenvalue weighted by atomic mass is 10.0. The van der Waals surface area contributed by atoms with Gasteiger partial charge in [-0.15, -0.1) is 0 Å². The molecule has 1 aromatic rings. The van der Waals surface area contributed by atoms with Crippen molar-refractivity contribution in [3.63, 3.8) is 0 Å². The van der Waals surface area contributed by atoms with Crippen molar-refractivity contribution in [2.45, 2.75) is 6.92 Å². The predicted octanol–water partition coefficient (Wildman–Crippen LogP) is 0.680. The van der Waals surface area contributed by atoms with Crippen LogP contribution in [0, 0.1) is 0 Å². The number of carboxylic acid groups (broad SMARTS) is 1. The Hall–Kier alpha value is -2.41. The lowest BCUT2D eigenvalue weighted by Gasteiger charge is -2.07. The van der Waals surface area contributed by atoms with E-state index in [0.29, 0.717) is 0 Å². The Balaban J connectivity index is 3.23. The van der Waals surface area contributed by atoms with E-state index in [2.05, 4.69) is 0 Å². The van der Waals surface area contributed by atoms with Crippen LogP contribution in [0.3, 0.4) is 0 Å². The smallest absolute Gasteiger partial charge is 0.338 e. The Morgan fingerprint density at radius 3 is 2.44 bits per heavy atom. The molecule has 96 valence electrons. The number of aromatic carboxylic acids is 1.